The zero-order chi connectivity index (χ0) is 28.7. The summed E-state index contributed by atoms with van der Waals surface area (Å²) < 4.78 is 28.4. The van der Waals surface area contributed by atoms with Crippen LogP contribution in [0.5, 0.6) is 5.75 Å². The molecule has 4 aliphatic rings. The molecule has 2 heterocycles. The number of fused-ring (bicyclic) bond motifs is 4. The Morgan fingerprint density at radius 2 is 1.68 bits per heavy atom. The first-order chi connectivity index (χ1) is 19.0. The number of likely N-dealkylation sites (tertiary alicyclic amines) is 1. The fourth-order valence-corrected chi connectivity index (χ4v) is 7.92. The Hall–Kier alpha value is -3.30. The van der Waals surface area contributed by atoms with Gasteiger partial charge in [0.1, 0.15) is 5.82 Å². The number of aromatic hydroxyl groups is 1. The minimum absolute atomic E-state index is 0.0533. The third kappa shape index (κ3) is 3.40. The van der Waals surface area contributed by atoms with E-state index in [1.165, 1.54) is 23.1 Å². The zero-order valence-electron chi connectivity index (χ0n) is 21.2. The number of imide groups is 2. The first kappa shape index (κ1) is 26.9. The van der Waals surface area contributed by atoms with Crippen molar-refractivity contribution in [3.8, 4) is 5.75 Å². The summed E-state index contributed by atoms with van der Waals surface area (Å²) in [5, 5.41) is 9.85. The number of rotatable bonds is 4. The lowest BCUT2D eigenvalue weighted by molar-refractivity contribution is -0.140. The number of phenols is 1. The molecule has 7 nitrogen and oxygen atoms in total. The van der Waals surface area contributed by atoms with E-state index in [1.54, 1.807) is 6.08 Å². The molecule has 0 aromatic heterocycles. The largest absolute Gasteiger partial charge is 0.505 e. The summed E-state index contributed by atoms with van der Waals surface area (Å²) in [7, 11) is 0. The molecule has 2 saturated heterocycles. The molecule has 4 amide bonds. The highest BCUT2D eigenvalue weighted by Gasteiger charge is 2.76. The molecule has 0 spiro atoms. The maximum absolute atomic E-state index is 14.7. The lowest BCUT2D eigenvalue weighted by Gasteiger charge is -2.50. The molecule has 2 aromatic rings. The Morgan fingerprint density at radius 3 is 2.33 bits per heavy atom. The molecular formula is C29H24Cl2F2N2O5. The van der Waals surface area contributed by atoms with Crippen molar-refractivity contribution in [2.75, 3.05) is 11.4 Å². The zero-order valence-corrected chi connectivity index (χ0v) is 22.8. The van der Waals surface area contributed by atoms with Crippen molar-refractivity contribution >= 4 is 52.5 Å². The highest BCUT2D eigenvalue weighted by molar-refractivity contribution is 6.58. The fourth-order valence-electron chi connectivity index (χ4n) is 6.98. The minimum Gasteiger partial charge on any atom is -0.505 e. The summed E-state index contributed by atoms with van der Waals surface area (Å²) in [6.07, 6.45) is 2.30. The van der Waals surface area contributed by atoms with Gasteiger partial charge in [0.15, 0.2) is 21.3 Å². The number of benzene rings is 2. The number of phenolic OH excluding ortho intramolecular Hbond substituents is 1. The summed E-state index contributed by atoms with van der Waals surface area (Å²) >= 11 is 14.4. The van der Waals surface area contributed by atoms with Crippen molar-refractivity contribution in [2.45, 2.75) is 41.9 Å². The van der Waals surface area contributed by atoms with Gasteiger partial charge in [-0.1, -0.05) is 24.6 Å². The number of carbonyl (C=O) groups is 4. The van der Waals surface area contributed by atoms with E-state index in [0.717, 1.165) is 29.2 Å². The summed E-state index contributed by atoms with van der Waals surface area (Å²) in [5.41, 5.74) is 0.741. The quantitative estimate of drug-likeness (QED) is 0.319. The van der Waals surface area contributed by atoms with Gasteiger partial charge >= 0.3 is 0 Å². The highest BCUT2D eigenvalue weighted by Crippen LogP contribution is 2.65. The van der Waals surface area contributed by atoms with Crippen LogP contribution in [0.1, 0.15) is 37.7 Å². The van der Waals surface area contributed by atoms with Crippen LogP contribution in [0.25, 0.3) is 0 Å². The van der Waals surface area contributed by atoms with Gasteiger partial charge in [0.2, 0.25) is 11.8 Å². The third-order valence-corrected chi connectivity index (χ3v) is 10.2. The van der Waals surface area contributed by atoms with E-state index >= 15 is 0 Å². The first-order valence-electron chi connectivity index (χ1n) is 13.0. The van der Waals surface area contributed by atoms with Crippen LogP contribution >= 0.6 is 23.2 Å². The smallest absolute Gasteiger partial charge is 0.258 e. The molecule has 2 aromatic carbocycles. The number of halogens is 4. The van der Waals surface area contributed by atoms with E-state index < -0.39 is 62.6 Å². The Morgan fingerprint density at radius 1 is 0.975 bits per heavy atom. The predicted molar refractivity (Wildman–Crippen MR) is 142 cm³/mol. The van der Waals surface area contributed by atoms with Crippen molar-refractivity contribution in [2.24, 2.45) is 17.8 Å². The Labute approximate surface area is 238 Å². The van der Waals surface area contributed by atoms with Crippen LogP contribution in [0.2, 0.25) is 0 Å². The molecule has 6 rings (SSSR count). The molecule has 3 fully saturated rings. The molecule has 0 bridgehead atoms. The second-order valence-electron chi connectivity index (χ2n) is 10.8. The lowest BCUT2D eigenvalue weighted by Crippen LogP contribution is -2.60. The Balaban J connectivity index is 1.55. The third-order valence-electron chi connectivity index (χ3n) is 8.74. The van der Waals surface area contributed by atoms with E-state index in [9.17, 15) is 33.1 Å². The molecule has 1 N–H and O–H groups in total. The molecular weight excluding hydrogens is 565 g/mol. The van der Waals surface area contributed by atoms with Gasteiger partial charge in [-0.25, -0.2) is 13.7 Å². The molecule has 6 atom stereocenters. The number of amides is 4. The van der Waals surface area contributed by atoms with E-state index in [2.05, 4.69) is 0 Å². The second kappa shape index (κ2) is 9.11. The number of anilines is 1. The number of alkyl halides is 2. The summed E-state index contributed by atoms with van der Waals surface area (Å²) in [5.74, 6) is -7.98. The standard InChI is InChI=1S/C29H24Cl2F2N2O5/c1-2-11-34-24(37)18-9-8-17-19(22(18)25(34)38)13-28(30)26(39)35(16-6-4-15(32)5-7-16)27(40)29(28,31)23(17)14-3-10-21(36)20(33)12-14/h3-8,10,12,18-19,22-23,36H,2,9,11,13H2,1H3/t18-,19+,22-,23-,28+,29-/m0/s1. The molecule has 1 saturated carbocycles. The maximum Gasteiger partial charge on any atom is 0.258 e. The van der Waals surface area contributed by atoms with Crippen LogP contribution < -0.4 is 4.90 Å². The van der Waals surface area contributed by atoms with Gasteiger partial charge in [-0.3, -0.25) is 24.1 Å². The van der Waals surface area contributed by atoms with E-state index in [1.807, 2.05) is 6.92 Å². The van der Waals surface area contributed by atoms with Crippen LogP contribution in [-0.4, -0.2) is 49.9 Å². The van der Waals surface area contributed by atoms with Crippen LogP contribution in [0.3, 0.4) is 0 Å². The number of hydrogen-bond donors (Lipinski definition) is 1. The van der Waals surface area contributed by atoms with Crippen molar-refractivity contribution in [3.63, 3.8) is 0 Å². The normalized spacial score (nSPS) is 33.2. The Kier molecular flexibility index (Phi) is 6.12. The average molecular weight is 589 g/mol. The summed E-state index contributed by atoms with van der Waals surface area (Å²) in [4.78, 5) is 52.7. The van der Waals surface area contributed by atoms with E-state index in [0.29, 0.717) is 12.0 Å². The van der Waals surface area contributed by atoms with Gasteiger partial charge in [-0.15, -0.1) is 23.2 Å². The van der Waals surface area contributed by atoms with Gasteiger partial charge in [-0.2, -0.15) is 0 Å². The number of nitrogens with zero attached hydrogens (tertiary/aromatic N) is 2. The first-order valence-corrected chi connectivity index (χ1v) is 13.8. The van der Waals surface area contributed by atoms with Gasteiger partial charge in [0.25, 0.3) is 11.8 Å². The van der Waals surface area contributed by atoms with E-state index in [-0.39, 0.29) is 42.5 Å². The number of hydrogen-bond acceptors (Lipinski definition) is 5. The fraction of sp³-hybridized carbons (Fsp3) is 0.379. The number of carbonyl (C=O) groups excluding carboxylic acids is 4. The molecule has 0 radical (unpaired) electrons. The second-order valence-corrected chi connectivity index (χ2v) is 12.0. The highest BCUT2D eigenvalue weighted by atomic mass is 35.5. The van der Waals surface area contributed by atoms with Crippen LogP contribution in [0.4, 0.5) is 14.5 Å². The van der Waals surface area contributed by atoms with Crippen molar-refractivity contribution in [1.82, 2.24) is 4.90 Å². The van der Waals surface area contributed by atoms with Crippen molar-refractivity contribution in [3.05, 3.63) is 71.3 Å². The van der Waals surface area contributed by atoms with Crippen LogP contribution in [0.15, 0.2) is 54.1 Å². The number of allylic oxidation sites excluding steroid dienone is 2. The molecule has 2 aliphatic carbocycles. The van der Waals surface area contributed by atoms with Gasteiger partial charge < -0.3 is 5.11 Å². The van der Waals surface area contributed by atoms with Gasteiger partial charge in [-0.05, 0) is 67.1 Å². The minimum atomic E-state index is -2.16. The van der Waals surface area contributed by atoms with Crippen LogP contribution in [-0.2, 0) is 19.2 Å². The lowest BCUT2D eigenvalue weighted by atomic mass is 9.56. The summed E-state index contributed by atoms with van der Waals surface area (Å²) in [6, 6.07) is 8.21. The molecule has 40 heavy (non-hydrogen) atoms. The summed E-state index contributed by atoms with van der Waals surface area (Å²) in [6.45, 7) is 2.10. The average Bonchev–Trinajstić information content (AvgIpc) is 3.25. The molecule has 0 unspecified atom stereocenters. The molecule has 2 aliphatic heterocycles. The molecule has 11 heteroatoms. The predicted octanol–water partition coefficient (Wildman–Crippen LogP) is 4.64. The monoisotopic (exact) mass is 588 g/mol. The van der Waals surface area contributed by atoms with Crippen molar-refractivity contribution in [1.29, 1.82) is 0 Å². The Bertz CT molecular complexity index is 1510. The SMILES string of the molecule is CCCN1C(=O)[C@H]2[C@H](CC=C3[C@H]2C[C@@]2(Cl)C(=O)N(c4ccc(F)cc4)C(=O)[C@@]2(Cl)[C@H]3c2ccc(O)c(F)c2)C1=O. The van der Waals surface area contributed by atoms with Gasteiger partial charge in [0, 0.05) is 12.5 Å². The topological polar surface area (TPSA) is 95.0 Å². The van der Waals surface area contributed by atoms with Crippen LogP contribution in [0, 0.1) is 29.4 Å². The van der Waals surface area contributed by atoms with Gasteiger partial charge in [0.05, 0.1) is 17.5 Å². The molecule has 208 valence electrons. The maximum atomic E-state index is 14.7. The van der Waals surface area contributed by atoms with Crippen molar-refractivity contribution < 1.29 is 33.1 Å². The van der Waals surface area contributed by atoms with E-state index in [4.69, 9.17) is 23.2 Å².